The number of rotatable bonds is 3. The molecule has 0 saturated heterocycles. The minimum Gasteiger partial charge on any atom is -0.497 e. The molecule has 4 heteroatoms. The van der Waals surface area contributed by atoms with E-state index in [4.69, 9.17) is 4.74 Å². The Labute approximate surface area is 104 Å². The van der Waals surface area contributed by atoms with E-state index in [1.54, 1.807) is 13.2 Å². The van der Waals surface area contributed by atoms with Crippen LogP contribution >= 0.6 is 11.3 Å². The number of esters is 1. The van der Waals surface area contributed by atoms with Crippen molar-refractivity contribution in [1.82, 2.24) is 0 Å². The fourth-order valence-electron chi connectivity index (χ4n) is 1.46. The molecule has 0 bridgehead atoms. The maximum atomic E-state index is 11.3. The largest absolute Gasteiger partial charge is 0.497 e. The van der Waals surface area contributed by atoms with Gasteiger partial charge < -0.3 is 9.47 Å². The Morgan fingerprint density at radius 3 is 2.35 bits per heavy atom. The summed E-state index contributed by atoms with van der Waals surface area (Å²) in [6.45, 7) is 0. The van der Waals surface area contributed by atoms with Gasteiger partial charge in [-0.05, 0) is 42.0 Å². The summed E-state index contributed by atoms with van der Waals surface area (Å²) in [5, 5.41) is 0. The first-order valence-electron chi connectivity index (χ1n) is 5.07. The minimum absolute atomic E-state index is 0.297. The molecule has 17 heavy (non-hydrogen) atoms. The van der Waals surface area contributed by atoms with E-state index in [0.717, 1.165) is 16.2 Å². The van der Waals surface area contributed by atoms with Crippen LogP contribution in [0.25, 0.3) is 10.4 Å². The second kappa shape index (κ2) is 5.01. The van der Waals surface area contributed by atoms with Gasteiger partial charge in [-0.2, -0.15) is 0 Å². The summed E-state index contributed by atoms with van der Waals surface area (Å²) in [4.78, 5) is 13.0. The summed E-state index contributed by atoms with van der Waals surface area (Å²) in [6, 6.07) is 11.4. The van der Waals surface area contributed by atoms with Crippen LogP contribution in [0.3, 0.4) is 0 Å². The minimum atomic E-state index is -0.297. The molecule has 0 spiro atoms. The van der Waals surface area contributed by atoms with Gasteiger partial charge in [0, 0.05) is 4.88 Å². The normalized spacial score (nSPS) is 10.0. The number of hydrogen-bond acceptors (Lipinski definition) is 4. The second-order valence-electron chi connectivity index (χ2n) is 3.38. The van der Waals surface area contributed by atoms with E-state index in [0.29, 0.717) is 4.88 Å². The van der Waals surface area contributed by atoms with Crippen LogP contribution in [0.1, 0.15) is 9.67 Å². The van der Waals surface area contributed by atoms with Crippen LogP contribution in [-0.4, -0.2) is 20.2 Å². The van der Waals surface area contributed by atoms with Crippen molar-refractivity contribution >= 4 is 17.3 Å². The van der Waals surface area contributed by atoms with Gasteiger partial charge in [-0.25, -0.2) is 4.79 Å². The van der Waals surface area contributed by atoms with Crippen LogP contribution < -0.4 is 4.74 Å². The molecule has 88 valence electrons. The Balaban J connectivity index is 2.27. The fourth-order valence-corrected chi connectivity index (χ4v) is 2.39. The lowest BCUT2D eigenvalue weighted by molar-refractivity contribution is 0.0606. The topological polar surface area (TPSA) is 35.5 Å². The van der Waals surface area contributed by atoms with Crippen LogP contribution in [0, 0.1) is 0 Å². The van der Waals surface area contributed by atoms with Gasteiger partial charge in [-0.15, -0.1) is 11.3 Å². The molecule has 0 saturated carbocycles. The third kappa shape index (κ3) is 2.47. The maximum absolute atomic E-state index is 11.3. The smallest absolute Gasteiger partial charge is 0.348 e. The van der Waals surface area contributed by atoms with Gasteiger partial charge in [-0.3, -0.25) is 0 Å². The Hall–Kier alpha value is -1.81. The molecule has 0 amide bonds. The van der Waals surface area contributed by atoms with Gasteiger partial charge in [0.2, 0.25) is 0 Å². The maximum Gasteiger partial charge on any atom is 0.348 e. The Morgan fingerprint density at radius 2 is 1.76 bits per heavy atom. The number of carbonyl (C=O) groups is 1. The molecule has 0 radical (unpaired) electrons. The van der Waals surface area contributed by atoms with Crippen LogP contribution in [0.5, 0.6) is 5.75 Å². The average Bonchev–Trinajstić information content (AvgIpc) is 2.87. The van der Waals surface area contributed by atoms with E-state index in [1.807, 2.05) is 30.3 Å². The molecule has 0 atom stereocenters. The van der Waals surface area contributed by atoms with Gasteiger partial charge in [0.25, 0.3) is 0 Å². The molecular formula is C13H12O3S. The lowest BCUT2D eigenvalue weighted by Crippen LogP contribution is -1.96. The van der Waals surface area contributed by atoms with Crippen LogP contribution in [0.4, 0.5) is 0 Å². The molecule has 0 aliphatic carbocycles. The van der Waals surface area contributed by atoms with Crippen molar-refractivity contribution in [2.24, 2.45) is 0 Å². The first-order chi connectivity index (χ1) is 8.24. The highest BCUT2D eigenvalue weighted by atomic mass is 32.1. The molecule has 1 aromatic heterocycles. The third-order valence-electron chi connectivity index (χ3n) is 2.37. The standard InChI is InChI=1S/C13H12O3S/c1-15-10-5-3-9(4-6-10)11-7-8-12(17-11)13(14)16-2/h3-8H,1-2H3. The molecule has 0 fully saturated rings. The first kappa shape index (κ1) is 11.7. The molecule has 0 N–H and O–H groups in total. The van der Waals surface area contributed by atoms with Gasteiger partial charge in [0.05, 0.1) is 14.2 Å². The second-order valence-corrected chi connectivity index (χ2v) is 4.47. The summed E-state index contributed by atoms with van der Waals surface area (Å²) in [5.41, 5.74) is 1.06. The highest BCUT2D eigenvalue weighted by Crippen LogP contribution is 2.29. The van der Waals surface area contributed by atoms with Gasteiger partial charge in [0.15, 0.2) is 0 Å². The van der Waals surface area contributed by atoms with E-state index in [1.165, 1.54) is 18.4 Å². The molecular weight excluding hydrogens is 236 g/mol. The zero-order chi connectivity index (χ0) is 12.3. The monoisotopic (exact) mass is 248 g/mol. The molecule has 3 nitrogen and oxygen atoms in total. The summed E-state index contributed by atoms with van der Waals surface area (Å²) < 4.78 is 9.77. The van der Waals surface area contributed by atoms with E-state index in [9.17, 15) is 4.79 Å². The zero-order valence-corrected chi connectivity index (χ0v) is 10.4. The van der Waals surface area contributed by atoms with Gasteiger partial charge in [0.1, 0.15) is 10.6 Å². The highest BCUT2D eigenvalue weighted by Gasteiger charge is 2.09. The van der Waals surface area contributed by atoms with Crippen LogP contribution in [0.15, 0.2) is 36.4 Å². The van der Waals surface area contributed by atoms with Gasteiger partial charge in [-0.1, -0.05) is 0 Å². The van der Waals surface area contributed by atoms with Crippen molar-refractivity contribution in [2.45, 2.75) is 0 Å². The molecule has 2 aromatic rings. The lowest BCUT2D eigenvalue weighted by atomic mass is 10.2. The summed E-state index contributed by atoms with van der Waals surface area (Å²) in [5.74, 6) is 0.522. The van der Waals surface area contributed by atoms with Gasteiger partial charge >= 0.3 is 5.97 Å². The number of carbonyl (C=O) groups excluding carboxylic acids is 1. The van der Waals surface area contributed by atoms with Crippen molar-refractivity contribution in [3.05, 3.63) is 41.3 Å². The van der Waals surface area contributed by atoms with E-state index < -0.39 is 0 Å². The third-order valence-corrected chi connectivity index (χ3v) is 3.48. The predicted octanol–water partition coefficient (Wildman–Crippen LogP) is 3.21. The number of hydrogen-bond donors (Lipinski definition) is 0. The number of ether oxygens (including phenoxy) is 2. The van der Waals surface area contributed by atoms with Crippen molar-refractivity contribution in [3.63, 3.8) is 0 Å². The molecule has 1 heterocycles. The fraction of sp³-hybridized carbons (Fsp3) is 0.154. The van der Waals surface area contributed by atoms with Crippen molar-refractivity contribution in [1.29, 1.82) is 0 Å². The molecule has 0 aliphatic rings. The SMILES string of the molecule is COC(=O)c1ccc(-c2ccc(OC)cc2)s1. The predicted molar refractivity (Wildman–Crippen MR) is 67.6 cm³/mol. The molecule has 0 aliphatic heterocycles. The number of thiophene rings is 1. The van der Waals surface area contributed by atoms with Crippen molar-refractivity contribution in [2.75, 3.05) is 14.2 Å². The first-order valence-corrected chi connectivity index (χ1v) is 5.89. The summed E-state index contributed by atoms with van der Waals surface area (Å²) in [6.07, 6.45) is 0. The van der Waals surface area contributed by atoms with Crippen molar-refractivity contribution in [3.8, 4) is 16.2 Å². The Bertz CT molecular complexity index is 514. The summed E-state index contributed by atoms with van der Waals surface area (Å²) in [7, 11) is 3.02. The highest BCUT2D eigenvalue weighted by molar-refractivity contribution is 7.17. The van der Waals surface area contributed by atoms with Crippen LogP contribution in [0.2, 0.25) is 0 Å². The van der Waals surface area contributed by atoms with Crippen LogP contribution in [-0.2, 0) is 4.74 Å². The molecule has 2 rings (SSSR count). The molecule has 0 unspecified atom stereocenters. The number of benzene rings is 1. The Kier molecular flexibility index (Phi) is 3.44. The average molecular weight is 248 g/mol. The van der Waals surface area contributed by atoms with Crippen molar-refractivity contribution < 1.29 is 14.3 Å². The zero-order valence-electron chi connectivity index (χ0n) is 9.60. The molecule has 1 aromatic carbocycles. The lowest BCUT2D eigenvalue weighted by Gasteiger charge is -2.00. The van der Waals surface area contributed by atoms with E-state index in [2.05, 4.69) is 4.74 Å². The quantitative estimate of drug-likeness (QED) is 0.782. The summed E-state index contributed by atoms with van der Waals surface area (Å²) >= 11 is 1.42. The van der Waals surface area contributed by atoms with E-state index >= 15 is 0 Å². The Morgan fingerprint density at radius 1 is 1.06 bits per heavy atom. The number of methoxy groups -OCH3 is 2. The van der Waals surface area contributed by atoms with E-state index in [-0.39, 0.29) is 5.97 Å².